The van der Waals surface area contributed by atoms with E-state index in [-0.39, 0.29) is 5.91 Å². The summed E-state index contributed by atoms with van der Waals surface area (Å²) in [5.41, 5.74) is 2.72. The lowest BCUT2D eigenvalue weighted by atomic mass is 10.1. The van der Waals surface area contributed by atoms with Crippen molar-refractivity contribution in [1.29, 1.82) is 0 Å². The molecule has 1 N–H and O–H groups in total. The molecule has 1 amide bonds. The summed E-state index contributed by atoms with van der Waals surface area (Å²) < 4.78 is 27.7. The maximum atomic E-state index is 12.6. The molecule has 0 unspecified atom stereocenters. The summed E-state index contributed by atoms with van der Waals surface area (Å²) in [6.45, 7) is 5.34. The van der Waals surface area contributed by atoms with E-state index in [1.807, 2.05) is 30.5 Å². The first-order valence-corrected chi connectivity index (χ1v) is 12.9. The average Bonchev–Trinajstić information content (AvgIpc) is 2.81. The number of pyridine rings is 1. The van der Waals surface area contributed by atoms with Crippen molar-refractivity contribution in [2.24, 2.45) is 0 Å². The Balaban J connectivity index is 1.25. The number of benzene rings is 1. The van der Waals surface area contributed by atoms with E-state index in [0.29, 0.717) is 31.9 Å². The van der Waals surface area contributed by atoms with Crippen LogP contribution in [0.2, 0.25) is 0 Å². The van der Waals surface area contributed by atoms with Gasteiger partial charge in [0.2, 0.25) is 15.9 Å². The molecule has 0 spiro atoms. The fraction of sp³-hybridized carbons (Fsp3) is 0.478. The summed E-state index contributed by atoms with van der Waals surface area (Å²) in [4.78, 5) is 22.9. The Labute approximate surface area is 190 Å². The van der Waals surface area contributed by atoms with Crippen molar-refractivity contribution in [3.63, 3.8) is 0 Å². The third-order valence-corrected chi connectivity index (χ3v) is 7.20. The third-order valence-electron chi connectivity index (χ3n) is 6.03. The second-order valence-corrected chi connectivity index (χ2v) is 10.2. The van der Waals surface area contributed by atoms with Gasteiger partial charge in [0.15, 0.2) is 0 Å². The van der Waals surface area contributed by atoms with E-state index in [9.17, 15) is 13.2 Å². The Hall–Kier alpha value is -2.65. The van der Waals surface area contributed by atoms with Gasteiger partial charge in [-0.05, 0) is 55.2 Å². The number of nitrogens with zero attached hydrogens (tertiary/aromatic N) is 4. The number of carbonyl (C=O) groups excluding carboxylic acids is 1. The number of carbonyl (C=O) groups is 1. The number of rotatable bonds is 7. The predicted molar refractivity (Wildman–Crippen MR) is 126 cm³/mol. The lowest BCUT2D eigenvalue weighted by Crippen LogP contribution is -2.50. The molecule has 1 aromatic heterocycles. The van der Waals surface area contributed by atoms with E-state index in [4.69, 9.17) is 0 Å². The molecule has 0 saturated carbocycles. The molecule has 9 heteroatoms. The molecule has 8 nitrogen and oxygen atoms in total. The van der Waals surface area contributed by atoms with E-state index in [1.54, 1.807) is 23.2 Å². The normalized spacial score (nSPS) is 17.9. The van der Waals surface area contributed by atoms with Crippen LogP contribution in [0.1, 0.15) is 24.8 Å². The quantitative estimate of drug-likeness (QED) is 0.686. The Morgan fingerprint density at radius 1 is 0.938 bits per heavy atom. The van der Waals surface area contributed by atoms with Crippen LogP contribution in [0.5, 0.6) is 0 Å². The summed E-state index contributed by atoms with van der Waals surface area (Å²) in [6, 6.07) is 11.3. The zero-order chi connectivity index (χ0) is 22.4. The van der Waals surface area contributed by atoms with E-state index in [2.05, 4.69) is 19.5 Å². The molecule has 0 bridgehead atoms. The molecule has 3 heterocycles. The Morgan fingerprint density at radius 2 is 1.66 bits per heavy atom. The molecule has 0 aliphatic carbocycles. The number of nitrogens with one attached hydrogen (secondary N) is 1. The van der Waals surface area contributed by atoms with Crippen LogP contribution in [0.4, 0.5) is 11.4 Å². The number of anilines is 2. The van der Waals surface area contributed by atoms with E-state index in [1.165, 1.54) is 19.3 Å². The summed E-state index contributed by atoms with van der Waals surface area (Å²) >= 11 is 0. The van der Waals surface area contributed by atoms with E-state index < -0.39 is 15.8 Å². The van der Waals surface area contributed by atoms with Gasteiger partial charge in [-0.25, -0.2) is 8.42 Å². The van der Waals surface area contributed by atoms with Crippen LogP contribution in [0.3, 0.4) is 0 Å². The fourth-order valence-electron chi connectivity index (χ4n) is 4.27. The van der Waals surface area contributed by atoms with Gasteiger partial charge in [-0.15, -0.1) is 0 Å². The summed E-state index contributed by atoms with van der Waals surface area (Å²) in [7, 11) is -3.76. The number of piperidine rings is 1. The Kier molecular flexibility index (Phi) is 7.26. The molecule has 4 rings (SSSR count). The summed E-state index contributed by atoms with van der Waals surface area (Å²) in [5, 5.41) is 0. The second kappa shape index (κ2) is 10.3. The SMILES string of the molecule is O=C(CS(=O)(=O)Nc1ccc(N2CCCCC2)cc1)N1CCN(Cc2cccnc2)CC1. The zero-order valence-electron chi connectivity index (χ0n) is 18.3. The molecule has 2 fully saturated rings. The monoisotopic (exact) mass is 457 g/mol. The first-order valence-electron chi connectivity index (χ1n) is 11.2. The van der Waals surface area contributed by atoms with Gasteiger partial charge >= 0.3 is 0 Å². The highest BCUT2D eigenvalue weighted by atomic mass is 32.2. The van der Waals surface area contributed by atoms with Gasteiger partial charge in [0, 0.05) is 69.6 Å². The summed E-state index contributed by atoms with van der Waals surface area (Å²) in [5.74, 6) is -0.896. The van der Waals surface area contributed by atoms with Gasteiger partial charge in [0.25, 0.3) is 0 Å². The number of amides is 1. The summed E-state index contributed by atoms with van der Waals surface area (Å²) in [6.07, 6.45) is 7.23. The molecule has 1 aromatic carbocycles. The largest absolute Gasteiger partial charge is 0.372 e. The van der Waals surface area contributed by atoms with Crippen molar-refractivity contribution in [3.05, 3.63) is 54.4 Å². The van der Waals surface area contributed by atoms with Crippen LogP contribution < -0.4 is 9.62 Å². The van der Waals surface area contributed by atoms with Gasteiger partial charge in [-0.1, -0.05) is 6.07 Å². The number of aromatic nitrogens is 1. The molecular formula is C23H31N5O3S. The average molecular weight is 458 g/mol. The minimum atomic E-state index is -3.76. The van der Waals surface area contributed by atoms with Crippen LogP contribution in [0.25, 0.3) is 0 Å². The molecule has 2 aromatic rings. The number of hydrogen-bond donors (Lipinski definition) is 1. The third kappa shape index (κ3) is 6.20. The van der Waals surface area contributed by atoms with Crippen LogP contribution in [-0.4, -0.2) is 74.1 Å². The number of sulfonamides is 1. The lowest BCUT2D eigenvalue weighted by molar-refractivity contribution is -0.130. The van der Waals surface area contributed by atoms with Crippen LogP contribution in [-0.2, 0) is 21.4 Å². The van der Waals surface area contributed by atoms with Crippen LogP contribution in [0, 0.1) is 0 Å². The fourth-order valence-corrected chi connectivity index (χ4v) is 5.34. The first kappa shape index (κ1) is 22.5. The highest BCUT2D eigenvalue weighted by Crippen LogP contribution is 2.22. The maximum Gasteiger partial charge on any atom is 0.241 e. The van der Waals surface area contributed by atoms with E-state index >= 15 is 0 Å². The highest BCUT2D eigenvalue weighted by molar-refractivity contribution is 7.93. The minimum Gasteiger partial charge on any atom is -0.372 e. The first-order chi connectivity index (χ1) is 15.5. The van der Waals surface area contributed by atoms with Gasteiger partial charge in [-0.2, -0.15) is 0 Å². The Morgan fingerprint density at radius 3 is 2.31 bits per heavy atom. The zero-order valence-corrected chi connectivity index (χ0v) is 19.1. The second-order valence-electron chi connectivity index (χ2n) is 8.47. The number of piperazine rings is 1. The molecule has 0 radical (unpaired) electrons. The van der Waals surface area contributed by atoms with Crippen molar-refractivity contribution >= 4 is 27.3 Å². The molecule has 2 aliphatic rings. The highest BCUT2D eigenvalue weighted by Gasteiger charge is 2.25. The maximum absolute atomic E-state index is 12.6. The molecule has 32 heavy (non-hydrogen) atoms. The smallest absolute Gasteiger partial charge is 0.241 e. The molecule has 2 saturated heterocycles. The minimum absolute atomic E-state index is 0.358. The van der Waals surface area contributed by atoms with Crippen molar-refractivity contribution in [2.75, 3.05) is 54.6 Å². The van der Waals surface area contributed by atoms with Crippen LogP contribution in [0.15, 0.2) is 48.8 Å². The van der Waals surface area contributed by atoms with Crippen molar-refractivity contribution in [2.45, 2.75) is 25.8 Å². The van der Waals surface area contributed by atoms with Gasteiger partial charge in [-0.3, -0.25) is 19.4 Å². The predicted octanol–water partition coefficient (Wildman–Crippen LogP) is 2.16. The molecular weight excluding hydrogens is 426 g/mol. The Bertz CT molecular complexity index is 984. The van der Waals surface area contributed by atoms with E-state index in [0.717, 1.165) is 30.9 Å². The van der Waals surface area contributed by atoms with Crippen molar-refractivity contribution in [3.8, 4) is 0 Å². The van der Waals surface area contributed by atoms with Crippen molar-refractivity contribution in [1.82, 2.24) is 14.8 Å². The molecule has 0 atom stereocenters. The van der Waals surface area contributed by atoms with Crippen LogP contribution >= 0.6 is 0 Å². The number of hydrogen-bond acceptors (Lipinski definition) is 6. The van der Waals surface area contributed by atoms with Gasteiger partial charge in [0.1, 0.15) is 5.75 Å². The van der Waals surface area contributed by atoms with Gasteiger partial charge < -0.3 is 9.80 Å². The standard InChI is InChI=1S/C23H31N5O3S/c29-23(28-15-13-26(14-16-28)18-20-5-4-10-24-17-20)19-32(30,31)25-21-6-8-22(9-7-21)27-11-2-1-3-12-27/h4-10,17,25H,1-3,11-16,18-19H2. The van der Waals surface area contributed by atoms with Crippen molar-refractivity contribution < 1.29 is 13.2 Å². The molecule has 2 aliphatic heterocycles. The lowest BCUT2D eigenvalue weighted by Gasteiger charge is -2.34. The molecule has 172 valence electrons. The topological polar surface area (TPSA) is 85.8 Å². The van der Waals surface area contributed by atoms with Gasteiger partial charge in [0.05, 0.1) is 0 Å².